The zero-order valence-corrected chi connectivity index (χ0v) is 8.50. The van der Waals surface area contributed by atoms with Crippen molar-refractivity contribution in [2.24, 2.45) is 0 Å². The fraction of sp³-hybridized carbons (Fsp3) is 0.375. The average molecular weight is 221 g/mol. The number of hydrogen-bond donors (Lipinski definition) is 2. The maximum atomic E-state index is 11.4. The van der Waals surface area contributed by atoms with E-state index in [4.69, 9.17) is 0 Å². The minimum atomic E-state index is -0.119. The number of imidazole rings is 1. The lowest BCUT2D eigenvalue weighted by Crippen LogP contribution is -2.29. The van der Waals surface area contributed by atoms with E-state index < -0.39 is 0 Å². The Morgan fingerprint density at radius 3 is 3.19 bits per heavy atom. The van der Waals surface area contributed by atoms with E-state index in [1.165, 1.54) is 11.0 Å². The van der Waals surface area contributed by atoms with E-state index in [-0.39, 0.29) is 12.5 Å². The van der Waals surface area contributed by atoms with Crippen LogP contribution in [0.4, 0.5) is 0 Å². The molecule has 8 nitrogen and oxygen atoms in total. The Kier molecular flexibility index (Phi) is 3.22. The topological polar surface area (TPSA) is 101 Å². The average Bonchev–Trinajstić information content (AvgIpc) is 2.90. The maximum absolute atomic E-state index is 11.4. The number of rotatable bonds is 5. The van der Waals surface area contributed by atoms with Gasteiger partial charge in [0.25, 0.3) is 0 Å². The minimum absolute atomic E-state index is 0.119. The Morgan fingerprint density at radius 1 is 1.56 bits per heavy atom. The zero-order valence-electron chi connectivity index (χ0n) is 8.50. The standard InChI is InChI=1S/C8H11N7O/c16-8(4-15-6-12-13-14-15)10-2-1-7-3-9-5-11-7/h3,5-6H,1-2,4H2,(H,9,11)(H,10,16). The van der Waals surface area contributed by atoms with Crippen molar-refractivity contribution >= 4 is 5.91 Å². The van der Waals surface area contributed by atoms with Gasteiger partial charge in [-0.2, -0.15) is 0 Å². The van der Waals surface area contributed by atoms with Gasteiger partial charge < -0.3 is 10.3 Å². The van der Waals surface area contributed by atoms with E-state index in [1.54, 1.807) is 12.5 Å². The van der Waals surface area contributed by atoms with Crippen LogP contribution in [0.2, 0.25) is 0 Å². The number of tetrazole rings is 1. The number of hydrogen-bond acceptors (Lipinski definition) is 5. The van der Waals surface area contributed by atoms with E-state index in [1.807, 2.05) is 0 Å². The molecule has 0 saturated heterocycles. The summed E-state index contributed by atoms with van der Waals surface area (Å²) < 4.78 is 1.37. The summed E-state index contributed by atoms with van der Waals surface area (Å²) in [7, 11) is 0. The second kappa shape index (κ2) is 5.01. The van der Waals surface area contributed by atoms with Crippen LogP contribution in [0.1, 0.15) is 5.69 Å². The number of aromatic nitrogens is 6. The molecule has 2 rings (SSSR count). The highest BCUT2D eigenvalue weighted by atomic mass is 16.2. The van der Waals surface area contributed by atoms with Crippen LogP contribution in [0.15, 0.2) is 18.9 Å². The van der Waals surface area contributed by atoms with E-state index in [0.717, 1.165) is 12.1 Å². The molecule has 0 saturated carbocycles. The SMILES string of the molecule is O=C(Cn1cnnn1)NCCc1cnc[nH]1. The van der Waals surface area contributed by atoms with E-state index >= 15 is 0 Å². The van der Waals surface area contributed by atoms with Gasteiger partial charge in [-0.05, 0) is 10.4 Å². The first-order valence-corrected chi connectivity index (χ1v) is 4.79. The molecule has 2 N–H and O–H groups in total. The second-order valence-corrected chi connectivity index (χ2v) is 3.18. The maximum Gasteiger partial charge on any atom is 0.241 e. The Morgan fingerprint density at radius 2 is 2.50 bits per heavy atom. The normalized spacial score (nSPS) is 10.2. The van der Waals surface area contributed by atoms with Crippen molar-refractivity contribution in [2.45, 2.75) is 13.0 Å². The lowest BCUT2D eigenvalue weighted by atomic mass is 10.3. The monoisotopic (exact) mass is 221 g/mol. The van der Waals surface area contributed by atoms with Crippen LogP contribution < -0.4 is 5.32 Å². The molecule has 0 aliphatic carbocycles. The zero-order chi connectivity index (χ0) is 11.2. The molecule has 0 unspecified atom stereocenters. The van der Waals surface area contributed by atoms with Crippen LogP contribution in [0.3, 0.4) is 0 Å². The molecule has 0 aliphatic heterocycles. The molecule has 0 fully saturated rings. The summed E-state index contributed by atoms with van der Waals surface area (Å²) in [6.45, 7) is 0.694. The van der Waals surface area contributed by atoms with Crippen LogP contribution in [0.5, 0.6) is 0 Å². The van der Waals surface area contributed by atoms with Gasteiger partial charge in [0.2, 0.25) is 5.91 Å². The highest BCUT2D eigenvalue weighted by molar-refractivity contribution is 5.75. The number of carbonyl (C=O) groups excluding carboxylic acids is 1. The molecule has 2 aromatic heterocycles. The molecule has 0 radical (unpaired) electrons. The van der Waals surface area contributed by atoms with Gasteiger partial charge in [0.1, 0.15) is 12.9 Å². The number of nitrogens with one attached hydrogen (secondary N) is 2. The largest absolute Gasteiger partial charge is 0.354 e. The summed E-state index contributed by atoms with van der Waals surface area (Å²) in [5.74, 6) is -0.119. The number of nitrogens with zero attached hydrogens (tertiary/aromatic N) is 5. The van der Waals surface area contributed by atoms with Gasteiger partial charge >= 0.3 is 0 Å². The van der Waals surface area contributed by atoms with Crippen molar-refractivity contribution in [3.05, 3.63) is 24.5 Å². The third kappa shape index (κ3) is 2.87. The molecule has 0 aromatic carbocycles. The van der Waals surface area contributed by atoms with Crippen molar-refractivity contribution in [3.63, 3.8) is 0 Å². The lowest BCUT2D eigenvalue weighted by molar-refractivity contribution is -0.121. The fourth-order valence-electron chi connectivity index (χ4n) is 1.21. The fourth-order valence-corrected chi connectivity index (χ4v) is 1.21. The molecule has 0 aliphatic rings. The van der Waals surface area contributed by atoms with Crippen LogP contribution >= 0.6 is 0 Å². The minimum Gasteiger partial charge on any atom is -0.354 e. The van der Waals surface area contributed by atoms with Crippen molar-refractivity contribution in [1.29, 1.82) is 0 Å². The summed E-state index contributed by atoms with van der Waals surface area (Å²) in [6.07, 6.45) is 5.46. The first-order chi connectivity index (χ1) is 7.84. The Labute approximate surface area is 91.1 Å². The number of H-pyrrole nitrogens is 1. The smallest absolute Gasteiger partial charge is 0.241 e. The molecular formula is C8H11N7O. The molecule has 16 heavy (non-hydrogen) atoms. The van der Waals surface area contributed by atoms with E-state index in [9.17, 15) is 4.79 Å². The highest BCUT2D eigenvalue weighted by Gasteiger charge is 2.03. The number of carbonyl (C=O) groups is 1. The third-order valence-electron chi connectivity index (χ3n) is 1.97. The van der Waals surface area contributed by atoms with Gasteiger partial charge in [-0.15, -0.1) is 5.10 Å². The quantitative estimate of drug-likeness (QED) is 0.657. The molecular weight excluding hydrogens is 210 g/mol. The molecule has 84 valence electrons. The molecule has 0 atom stereocenters. The molecule has 8 heteroatoms. The van der Waals surface area contributed by atoms with E-state index in [0.29, 0.717) is 6.54 Å². The molecule has 2 heterocycles. The molecule has 0 spiro atoms. The summed E-state index contributed by atoms with van der Waals surface area (Å²) in [6, 6.07) is 0. The van der Waals surface area contributed by atoms with Gasteiger partial charge in [0.15, 0.2) is 0 Å². The number of amides is 1. The first-order valence-electron chi connectivity index (χ1n) is 4.79. The summed E-state index contributed by atoms with van der Waals surface area (Å²) in [4.78, 5) is 18.2. The number of aromatic amines is 1. The molecule has 1 amide bonds. The van der Waals surface area contributed by atoms with Crippen LogP contribution in [-0.2, 0) is 17.8 Å². The van der Waals surface area contributed by atoms with Crippen LogP contribution in [0, 0.1) is 0 Å². The molecule has 0 bridgehead atoms. The summed E-state index contributed by atoms with van der Waals surface area (Å²) in [5.41, 5.74) is 0.989. The van der Waals surface area contributed by atoms with Gasteiger partial charge in [0.05, 0.1) is 6.33 Å². The van der Waals surface area contributed by atoms with Gasteiger partial charge in [-0.3, -0.25) is 4.79 Å². The summed E-state index contributed by atoms with van der Waals surface area (Å²) >= 11 is 0. The predicted octanol–water partition coefficient (Wildman–Crippen LogP) is -1.24. The third-order valence-corrected chi connectivity index (χ3v) is 1.97. The van der Waals surface area contributed by atoms with Crippen molar-refractivity contribution < 1.29 is 4.79 Å². The Balaban J connectivity index is 1.68. The van der Waals surface area contributed by atoms with Crippen LogP contribution in [0.25, 0.3) is 0 Å². The first kappa shape index (κ1) is 10.3. The van der Waals surface area contributed by atoms with Crippen molar-refractivity contribution in [2.75, 3.05) is 6.54 Å². The summed E-state index contributed by atoms with van der Waals surface area (Å²) in [5, 5.41) is 13.2. The Hall–Kier alpha value is -2.25. The van der Waals surface area contributed by atoms with Gasteiger partial charge in [-0.25, -0.2) is 9.67 Å². The lowest BCUT2D eigenvalue weighted by Gasteiger charge is -2.03. The predicted molar refractivity (Wildman–Crippen MR) is 53.1 cm³/mol. The van der Waals surface area contributed by atoms with Crippen molar-refractivity contribution in [3.8, 4) is 0 Å². The van der Waals surface area contributed by atoms with Gasteiger partial charge in [-0.1, -0.05) is 0 Å². The molecule has 2 aromatic rings. The highest BCUT2D eigenvalue weighted by Crippen LogP contribution is 1.90. The van der Waals surface area contributed by atoms with E-state index in [2.05, 4.69) is 30.8 Å². The van der Waals surface area contributed by atoms with Crippen molar-refractivity contribution in [1.82, 2.24) is 35.5 Å². The van der Waals surface area contributed by atoms with Gasteiger partial charge in [0, 0.05) is 24.9 Å². The second-order valence-electron chi connectivity index (χ2n) is 3.18. The Bertz CT molecular complexity index is 421. The van der Waals surface area contributed by atoms with Crippen LogP contribution in [-0.4, -0.2) is 42.6 Å².